The van der Waals surface area contributed by atoms with Crippen LogP contribution in [0.3, 0.4) is 0 Å². The van der Waals surface area contributed by atoms with E-state index in [1.807, 2.05) is 17.8 Å². The van der Waals surface area contributed by atoms with Crippen LogP contribution in [-0.2, 0) is 6.42 Å². The first-order chi connectivity index (χ1) is 9.04. The molecule has 0 aliphatic rings. The number of likely N-dealkylation sites (N-methyl/N-ethyl adjacent to an activating group) is 1. The standard InChI is InChI=1S/C15H23ClFNS/c1-4-18-13(10-19-9-11(2)3)8-12-6-5-7-14(17)15(12)16/h5-7,11,13,18H,4,8-10H2,1-3H3. The van der Waals surface area contributed by atoms with Crippen molar-refractivity contribution < 1.29 is 4.39 Å². The van der Waals surface area contributed by atoms with Gasteiger partial charge in [-0.15, -0.1) is 0 Å². The molecule has 0 amide bonds. The zero-order valence-electron chi connectivity index (χ0n) is 11.9. The molecule has 1 nitrogen and oxygen atoms in total. The molecule has 0 spiro atoms. The number of benzene rings is 1. The molecule has 0 aliphatic heterocycles. The maximum Gasteiger partial charge on any atom is 0.142 e. The van der Waals surface area contributed by atoms with Crippen molar-refractivity contribution in [3.63, 3.8) is 0 Å². The molecule has 0 heterocycles. The van der Waals surface area contributed by atoms with Crippen LogP contribution in [0, 0.1) is 11.7 Å². The Morgan fingerprint density at radius 1 is 1.32 bits per heavy atom. The first-order valence-corrected chi connectivity index (χ1v) is 8.31. The molecule has 1 aromatic carbocycles. The van der Waals surface area contributed by atoms with Crippen LogP contribution >= 0.6 is 23.4 Å². The van der Waals surface area contributed by atoms with E-state index in [0.29, 0.717) is 12.0 Å². The Morgan fingerprint density at radius 3 is 2.68 bits per heavy atom. The molecule has 1 rings (SSSR count). The van der Waals surface area contributed by atoms with Crippen molar-refractivity contribution >= 4 is 23.4 Å². The lowest BCUT2D eigenvalue weighted by Crippen LogP contribution is -2.33. The predicted molar refractivity (Wildman–Crippen MR) is 84.7 cm³/mol. The second-order valence-corrected chi connectivity index (χ2v) is 6.56. The second kappa shape index (κ2) is 8.83. The average Bonchev–Trinajstić information content (AvgIpc) is 2.34. The Morgan fingerprint density at radius 2 is 2.05 bits per heavy atom. The van der Waals surface area contributed by atoms with Gasteiger partial charge in [0.1, 0.15) is 5.82 Å². The summed E-state index contributed by atoms with van der Waals surface area (Å²) >= 11 is 7.95. The van der Waals surface area contributed by atoms with Gasteiger partial charge in [0.2, 0.25) is 0 Å². The fourth-order valence-electron chi connectivity index (χ4n) is 1.90. The summed E-state index contributed by atoms with van der Waals surface area (Å²) in [5, 5.41) is 3.71. The summed E-state index contributed by atoms with van der Waals surface area (Å²) in [5.41, 5.74) is 0.887. The topological polar surface area (TPSA) is 12.0 Å². The van der Waals surface area contributed by atoms with Crippen LogP contribution in [0.25, 0.3) is 0 Å². The summed E-state index contributed by atoms with van der Waals surface area (Å²) in [5.74, 6) is 2.55. The average molecular weight is 304 g/mol. The molecule has 0 bridgehead atoms. The van der Waals surface area contributed by atoms with E-state index in [4.69, 9.17) is 11.6 Å². The molecule has 0 radical (unpaired) electrons. The predicted octanol–water partition coefficient (Wildman–Crippen LogP) is 4.39. The zero-order chi connectivity index (χ0) is 14.3. The molecular weight excluding hydrogens is 281 g/mol. The van der Waals surface area contributed by atoms with Crippen LogP contribution in [-0.4, -0.2) is 24.1 Å². The highest BCUT2D eigenvalue weighted by Crippen LogP contribution is 2.22. The van der Waals surface area contributed by atoms with Gasteiger partial charge >= 0.3 is 0 Å². The fraction of sp³-hybridized carbons (Fsp3) is 0.600. The van der Waals surface area contributed by atoms with E-state index in [2.05, 4.69) is 26.1 Å². The smallest absolute Gasteiger partial charge is 0.142 e. The van der Waals surface area contributed by atoms with Crippen molar-refractivity contribution in [2.24, 2.45) is 5.92 Å². The van der Waals surface area contributed by atoms with Crippen LogP contribution in [0.1, 0.15) is 26.3 Å². The lowest BCUT2D eigenvalue weighted by molar-refractivity contribution is 0.568. The molecule has 0 saturated heterocycles. The van der Waals surface area contributed by atoms with Gasteiger partial charge in [-0.25, -0.2) is 4.39 Å². The largest absolute Gasteiger partial charge is 0.313 e. The van der Waals surface area contributed by atoms with E-state index in [-0.39, 0.29) is 10.8 Å². The summed E-state index contributed by atoms with van der Waals surface area (Å²) in [7, 11) is 0. The quantitative estimate of drug-likeness (QED) is 0.764. The van der Waals surface area contributed by atoms with E-state index in [9.17, 15) is 4.39 Å². The van der Waals surface area contributed by atoms with Gasteiger partial charge in [0.15, 0.2) is 0 Å². The molecule has 1 aromatic rings. The van der Waals surface area contributed by atoms with Gasteiger partial charge in [-0.3, -0.25) is 0 Å². The Hall–Kier alpha value is -0.250. The van der Waals surface area contributed by atoms with Crippen molar-refractivity contribution in [1.29, 1.82) is 0 Å². The van der Waals surface area contributed by atoms with Crippen molar-refractivity contribution in [3.8, 4) is 0 Å². The maximum atomic E-state index is 13.4. The number of thioether (sulfide) groups is 1. The summed E-state index contributed by atoms with van der Waals surface area (Å²) in [6, 6.07) is 5.37. The fourth-order valence-corrected chi connectivity index (χ4v) is 3.23. The zero-order valence-corrected chi connectivity index (χ0v) is 13.5. The molecule has 4 heteroatoms. The maximum absolute atomic E-state index is 13.4. The number of halogens is 2. The number of hydrogen-bond acceptors (Lipinski definition) is 2. The molecule has 19 heavy (non-hydrogen) atoms. The molecule has 1 unspecified atom stereocenters. The third kappa shape index (κ3) is 6.15. The van der Waals surface area contributed by atoms with Crippen LogP contribution in [0.2, 0.25) is 5.02 Å². The van der Waals surface area contributed by atoms with Gasteiger partial charge in [-0.1, -0.05) is 44.5 Å². The van der Waals surface area contributed by atoms with Crippen LogP contribution in [0.15, 0.2) is 18.2 Å². The van der Waals surface area contributed by atoms with Gasteiger partial charge in [0.25, 0.3) is 0 Å². The lowest BCUT2D eigenvalue weighted by Gasteiger charge is -2.19. The summed E-state index contributed by atoms with van der Waals surface area (Å²) in [6.45, 7) is 7.45. The SMILES string of the molecule is CCNC(CSCC(C)C)Cc1cccc(F)c1Cl. The molecule has 1 N–H and O–H groups in total. The first kappa shape index (κ1) is 16.8. The van der Waals surface area contributed by atoms with Gasteiger partial charge in [-0.05, 0) is 36.3 Å². The van der Waals surface area contributed by atoms with Gasteiger partial charge < -0.3 is 5.32 Å². The Labute approximate surface area is 125 Å². The van der Waals surface area contributed by atoms with Crippen LogP contribution in [0.5, 0.6) is 0 Å². The van der Waals surface area contributed by atoms with Crippen LogP contribution < -0.4 is 5.32 Å². The van der Waals surface area contributed by atoms with Crippen LogP contribution in [0.4, 0.5) is 4.39 Å². The van der Waals surface area contributed by atoms with E-state index in [1.54, 1.807) is 6.07 Å². The highest BCUT2D eigenvalue weighted by molar-refractivity contribution is 7.99. The molecule has 0 saturated carbocycles. The van der Waals surface area contributed by atoms with E-state index in [0.717, 1.165) is 30.0 Å². The number of rotatable bonds is 8. The highest BCUT2D eigenvalue weighted by atomic mass is 35.5. The third-order valence-electron chi connectivity index (χ3n) is 2.76. The first-order valence-electron chi connectivity index (χ1n) is 6.78. The Kier molecular flexibility index (Phi) is 7.81. The minimum atomic E-state index is -0.329. The number of nitrogens with one attached hydrogen (secondary N) is 1. The minimum Gasteiger partial charge on any atom is -0.313 e. The minimum absolute atomic E-state index is 0.263. The number of hydrogen-bond donors (Lipinski definition) is 1. The molecule has 0 fully saturated rings. The summed E-state index contributed by atoms with van der Waals surface area (Å²) in [6.07, 6.45) is 0.773. The Balaban J connectivity index is 2.59. The monoisotopic (exact) mass is 303 g/mol. The molecule has 0 aliphatic carbocycles. The van der Waals surface area contributed by atoms with Crippen molar-refractivity contribution in [2.45, 2.75) is 33.2 Å². The van der Waals surface area contributed by atoms with E-state index >= 15 is 0 Å². The van der Waals surface area contributed by atoms with Gasteiger partial charge in [0, 0.05) is 11.8 Å². The normalized spacial score (nSPS) is 12.9. The summed E-state index contributed by atoms with van der Waals surface area (Å²) in [4.78, 5) is 0. The molecule has 1 atom stereocenters. The van der Waals surface area contributed by atoms with Gasteiger partial charge in [-0.2, -0.15) is 11.8 Å². The van der Waals surface area contributed by atoms with E-state index < -0.39 is 0 Å². The summed E-state index contributed by atoms with van der Waals surface area (Å²) < 4.78 is 13.4. The van der Waals surface area contributed by atoms with Crippen molar-refractivity contribution in [2.75, 3.05) is 18.1 Å². The second-order valence-electron chi connectivity index (χ2n) is 5.10. The molecule has 108 valence electrons. The lowest BCUT2D eigenvalue weighted by atomic mass is 10.1. The molecule has 0 aromatic heterocycles. The molecular formula is C15H23ClFNS. The van der Waals surface area contributed by atoms with Crippen molar-refractivity contribution in [1.82, 2.24) is 5.32 Å². The van der Waals surface area contributed by atoms with Gasteiger partial charge in [0.05, 0.1) is 5.02 Å². The highest BCUT2D eigenvalue weighted by Gasteiger charge is 2.13. The van der Waals surface area contributed by atoms with E-state index in [1.165, 1.54) is 6.07 Å². The third-order valence-corrected chi connectivity index (χ3v) is 4.72. The van der Waals surface area contributed by atoms with Crippen molar-refractivity contribution in [3.05, 3.63) is 34.6 Å². The Bertz CT molecular complexity index is 384.